The first kappa shape index (κ1) is 18.2. The number of pyridine rings is 2. The molecule has 0 unspecified atom stereocenters. The van der Waals surface area contributed by atoms with E-state index in [2.05, 4.69) is 15.3 Å². The smallest absolute Gasteiger partial charge is 0.261 e. The molecule has 4 rings (SSSR count). The maximum atomic E-state index is 12.7. The van der Waals surface area contributed by atoms with Crippen LogP contribution in [-0.4, -0.2) is 39.2 Å². The third kappa shape index (κ3) is 3.75. The highest BCUT2D eigenvalue weighted by atomic mass is 16.5. The van der Waals surface area contributed by atoms with Crippen LogP contribution in [0.2, 0.25) is 0 Å². The number of aromatic amines is 1. The van der Waals surface area contributed by atoms with Gasteiger partial charge in [-0.3, -0.25) is 14.6 Å². The van der Waals surface area contributed by atoms with Gasteiger partial charge in [-0.2, -0.15) is 0 Å². The number of aliphatic hydroxyl groups excluding tert-OH is 1. The lowest BCUT2D eigenvalue weighted by molar-refractivity contribution is -0.0142. The average molecular weight is 379 g/mol. The number of carbonyl (C=O) groups is 1. The van der Waals surface area contributed by atoms with Crippen molar-refractivity contribution in [2.45, 2.75) is 37.5 Å². The molecule has 3 aromatic rings. The molecule has 7 heteroatoms. The highest BCUT2D eigenvalue weighted by Gasteiger charge is 2.34. The molecular weight excluding hydrogens is 358 g/mol. The molecule has 3 N–H and O–H groups in total. The molecule has 28 heavy (non-hydrogen) atoms. The first-order chi connectivity index (χ1) is 13.6. The van der Waals surface area contributed by atoms with E-state index in [1.165, 1.54) is 0 Å². The Morgan fingerprint density at radius 1 is 1.21 bits per heavy atom. The van der Waals surface area contributed by atoms with Gasteiger partial charge in [0.05, 0.1) is 12.2 Å². The Morgan fingerprint density at radius 3 is 2.89 bits per heavy atom. The molecule has 1 aliphatic rings. The van der Waals surface area contributed by atoms with Gasteiger partial charge in [0.2, 0.25) is 0 Å². The SMILES string of the molecule is O=C(N[C@@H]1CCC[C@@H](Oc2cccnc2)[C@@H]1O)c1cc2ccccc2[nH]c1=O. The van der Waals surface area contributed by atoms with Crippen LogP contribution in [-0.2, 0) is 0 Å². The van der Waals surface area contributed by atoms with Crippen LogP contribution in [0.25, 0.3) is 10.9 Å². The molecule has 0 spiro atoms. The highest BCUT2D eigenvalue weighted by Crippen LogP contribution is 2.24. The van der Waals surface area contributed by atoms with Gasteiger partial charge in [0.15, 0.2) is 0 Å². The monoisotopic (exact) mass is 379 g/mol. The summed E-state index contributed by atoms with van der Waals surface area (Å²) in [6.45, 7) is 0. The number of aromatic nitrogens is 2. The maximum absolute atomic E-state index is 12.7. The number of carbonyl (C=O) groups excluding carboxylic acids is 1. The van der Waals surface area contributed by atoms with Crippen LogP contribution in [0.4, 0.5) is 0 Å². The third-order valence-electron chi connectivity index (χ3n) is 5.03. The Bertz CT molecular complexity index is 1030. The molecule has 0 saturated heterocycles. The van der Waals surface area contributed by atoms with Gasteiger partial charge < -0.3 is 20.1 Å². The zero-order valence-electron chi connectivity index (χ0n) is 15.2. The van der Waals surface area contributed by atoms with Crippen LogP contribution in [0.5, 0.6) is 5.75 Å². The summed E-state index contributed by atoms with van der Waals surface area (Å²) in [6.07, 6.45) is 4.00. The predicted molar refractivity (Wildman–Crippen MR) is 104 cm³/mol. The fraction of sp³-hybridized carbons (Fsp3) is 0.286. The number of nitrogens with one attached hydrogen (secondary N) is 2. The van der Waals surface area contributed by atoms with Crippen LogP contribution in [0, 0.1) is 0 Å². The normalized spacial score (nSPS) is 22.0. The fourth-order valence-electron chi connectivity index (χ4n) is 3.58. The van der Waals surface area contributed by atoms with Crippen molar-refractivity contribution in [1.29, 1.82) is 0 Å². The van der Waals surface area contributed by atoms with Gasteiger partial charge in [-0.15, -0.1) is 0 Å². The van der Waals surface area contributed by atoms with Gasteiger partial charge in [0.1, 0.15) is 23.5 Å². The van der Waals surface area contributed by atoms with Gasteiger partial charge in [0, 0.05) is 11.7 Å². The van der Waals surface area contributed by atoms with Crippen LogP contribution >= 0.6 is 0 Å². The molecule has 0 bridgehead atoms. The Labute approximate surface area is 161 Å². The van der Waals surface area contributed by atoms with E-state index >= 15 is 0 Å². The number of nitrogens with zero attached hydrogens (tertiary/aromatic N) is 1. The van der Waals surface area contributed by atoms with E-state index in [0.717, 1.165) is 11.8 Å². The number of para-hydroxylation sites is 1. The molecule has 1 fully saturated rings. The number of fused-ring (bicyclic) bond motifs is 1. The minimum Gasteiger partial charge on any atom is -0.486 e. The number of amides is 1. The summed E-state index contributed by atoms with van der Waals surface area (Å²) in [4.78, 5) is 31.7. The van der Waals surface area contributed by atoms with Crippen LogP contribution in [0.1, 0.15) is 29.6 Å². The molecular formula is C21H21N3O4. The van der Waals surface area contributed by atoms with Crippen molar-refractivity contribution in [2.75, 3.05) is 0 Å². The molecule has 1 saturated carbocycles. The lowest BCUT2D eigenvalue weighted by Gasteiger charge is -2.35. The topological polar surface area (TPSA) is 104 Å². The first-order valence-electron chi connectivity index (χ1n) is 9.29. The van der Waals surface area contributed by atoms with Crippen molar-refractivity contribution in [1.82, 2.24) is 15.3 Å². The number of rotatable bonds is 4. The number of H-pyrrole nitrogens is 1. The number of hydrogen-bond donors (Lipinski definition) is 3. The molecule has 1 amide bonds. The van der Waals surface area contributed by atoms with Gasteiger partial charge in [0.25, 0.3) is 11.5 Å². The third-order valence-corrected chi connectivity index (χ3v) is 5.03. The molecule has 0 radical (unpaired) electrons. The van der Waals surface area contributed by atoms with Crippen LogP contribution in [0.15, 0.2) is 59.7 Å². The molecule has 1 aliphatic carbocycles. The van der Waals surface area contributed by atoms with E-state index in [1.807, 2.05) is 18.2 Å². The lowest BCUT2D eigenvalue weighted by atomic mass is 9.89. The Kier molecular flexibility index (Phi) is 5.08. The van der Waals surface area contributed by atoms with E-state index < -0.39 is 29.7 Å². The molecule has 3 atom stereocenters. The second kappa shape index (κ2) is 7.82. The van der Waals surface area contributed by atoms with Crippen molar-refractivity contribution in [2.24, 2.45) is 0 Å². The lowest BCUT2D eigenvalue weighted by Crippen LogP contribution is -2.53. The highest BCUT2D eigenvalue weighted by molar-refractivity contribution is 5.97. The average Bonchev–Trinajstić information content (AvgIpc) is 2.71. The summed E-state index contributed by atoms with van der Waals surface area (Å²) in [5.74, 6) is 0.0718. The minimum atomic E-state index is -0.877. The largest absolute Gasteiger partial charge is 0.486 e. The molecule has 144 valence electrons. The second-order valence-electron chi connectivity index (χ2n) is 6.95. The van der Waals surface area contributed by atoms with Crippen molar-refractivity contribution >= 4 is 16.8 Å². The zero-order valence-corrected chi connectivity index (χ0v) is 15.2. The van der Waals surface area contributed by atoms with Gasteiger partial charge in [-0.1, -0.05) is 18.2 Å². The summed E-state index contributed by atoms with van der Waals surface area (Å²) < 4.78 is 5.83. The summed E-state index contributed by atoms with van der Waals surface area (Å²) in [5, 5.41) is 14.3. The number of ether oxygens (including phenoxy) is 1. The second-order valence-corrected chi connectivity index (χ2v) is 6.95. The van der Waals surface area contributed by atoms with E-state index in [-0.39, 0.29) is 5.56 Å². The van der Waals surface area contributed by atoms with E-state index in [9.17, 15) is 14.7 Å². The molecule has 0 aliphatic heterocycles. The van der Waals surface area contributed by atoms with Crippen molar-refractivity contribution in [3.8, 4) is 5.75 Å². The van der Waals surface area contributed by atoms with Crippen molar-refractivity contribution in [3.63, 3.8) is 0 Å². The fourth-order valence-corrected chi connectivity index (χ4v) is 3.58. The van der Waals surface area contributed by atoms with E-state index in [1.54, 1.807) is 36.7 Å². The minimum absolute atomic E-state index is 0.0289. The molecule has 7 nitrogen and oxygen atoms in total. The predicted octanol–water partition coefficient (Wildman–Crippen LogP) is 2.01. The quantitative estimate of drug-likeness (QED) is 0.643. The van der Waals surface area contributed by atoms with E-state index in [4.69, 9.17) is 4.74 Å². The molecule has 1 aromatic carbocycles. The summed E-state index contributed by atoms with van der Waals surface area (Å²) >= 11 is 0. The van der Waals surface area contributed by atoms with Gasteiger partial charge >= 0.3 is 0 Å². The molecule has 2 heterocycles. The Hall–Kier alpha value is -3.19. The molecule has 2 aromatic heterocycles. The Balaban J connectivity index is 1.49. The van der Waals surface area contributed by atoms with Crippen molar-refractivity contribution < 1.29 is 14.6 Å². The first-order valence-corrected chi connectivity index (χ1v) is 9.29. The standard InChI is InChI=1S/C21H21N3O4/c25-19-17(8-3-9-18(19)28-14-6-4-10-22-12-14)24-21(27)15-11-13-5-1-2-7-16(13)23-20(15)26/h1-2,4-7,10-12,17-19,25H,3,8-9H2,(H,23,26)(H,24,27)/t17-,18-,19-/m1/s1. The zero-order chi connectivity index (χ0) is 19.5. The van der Waals surface area contributed by atoms with Crippen LogP contribution < -0.4 is 15.6 Å². The summed E-state index contributed by atoms with van der Waals surface area (Å²) in [5.41, 5.74) is 0.248. The van der Waals surface area contributed by atoms with Crippen LogP contribution in [0.3, 0.4) is 0 Å². The van der Waals surface area contributed by atoms with Gasteiger partial charge in [-0.25, -0.2) is 0 Å². The number of benzene rings is 1. The number of aliphatic hydroxyl groups is 1. The van der Waals surface area contributed by atoms with Gasteiger partial charge in [-0.05, 0) is 48.9 Å². The van der Waals surface area contributed by atoms with E-state index in [0.29, 0.717) is 24.1 Å². The number of hydrogen-bond acceptors (Lipinski definition) is 5. The van der Waals surface area contributed by atoms with Crippen molar-refractivity contribution in [3.05, 3.63) is 70.8 Å². The Morgan fingerprint density at radius 2 is 2.07 bits per heavy atom. The summed E-state index contributed by atoms with van der Waals surface area (Å²) in [7, 11) is 0. The summed E-state index contributed by atoms with van der Waals surface area (Å²) in [6, 6.07) is 11.9. The maximum Gasteiger partial charge on any atom is 0.261 e.